The first-order chi connectivity index (χ1) is 9.57. The summed E-state index contributed by atoms with van der Waals surface area (Å²) in [6, 6.07) is 10.6. The van der Waals surface area contributed by atoms with Crippen LogP contribution in [0, 0.1) is 0 Å². The summed E-state index contributed by atoms with van der Waals surface area (Å²) in [7, 11) is 7.40. The molecular weight excluding hydrogens is 254 g/mol. The molecule has 4 nitrogen and oxygen atoms in total. The van der Waals surface area contributed by atoms with Gasteiger partial charge in [-0.15, -0.1) is 0 Å². The highest BCUT2D eigenvalue weighted by molar-refractivity contribution is 5.13. The lowest BCUT2D eigenvalue weighted by Crippen LogP contribution is -2.64. The van der Waals surface area contributed by atoms with Gasteiger partial charge in [0.05, 0.1) is 20.0 Å². The van der Waals surface area contributed by atoms with Crippen LogP contribution < -0.4 is 0 Å². The lowest BCUT2D eigenvalue weighted by atomic mass is 9.97. The van der Waals surface area contributed by atoms with Gasteiger partial charge in [0, 0.05) is 26.9 Å². The monoisotopic (exact) mass is 280 g/mol. The molecule has 2 rings (SSSR count). The number of ether oxygens (including phenoxy) is 3. The molecule has 0 aliphatic carbocycles. The van der Waals surface area contributed by atoms with Crippen LogP contribution in [-0.4, -0.2) is 57.8 Å². The lowest BCUT2D eigenvalue weighted by molar-refractivity contribution is -0.934. The molecule has 0 aromatic heterocycles. The first kappa shape index (κ1) is 15.4. The molecule has 1 fully saturated rings. The van der Waals surface area contributed by atoms with Crippen LogP contribution in [0.5, 0.6) is 0 Å². The van der Waals surface area contributed by atoms with Gasteiger partial charge in [0.1, 0.15) is 13.1 Å². The molecule has 1 heterocycles. The Labute approximate surface area is 121 Å². The highest BCUT2D eigenvalue weighted by Gasteiger charge is 2.49. The molecular formula is C16H26NO3+. The Balaban J connectivity index is 2.12. The normalized spacial score (nSPS) is 29.3. The Morgan fingerprint density at radius 3 is 2.35 bits per heavy atom. The number of benzene rings is 1. The number of rotatable bonds is 5. The van der Waals surface area contributed by atoms with Crippen LogP contribution in [0.4, 0.5) is 0 Å². The second-order valence-electron chi connectivity index (χ2n) is 5.86. The summed E-state index contributed by atoms with van der Waals surface area (Å²) >= 11 is 0. The smallest absolute Gasteiger partial charge is 0.205 e. The number of piperidine rings is 1. The van der Waals surface area contributed by atoms with Crippen molar-refractivity contribution in [2.24, 2.45) is 0 Å². The lowest BCUT2D eigenvalue weighted by Gasteiger charge is -2.48. The first-order valence-corrected chi connectivity index (χ1v) is 7.08. The molecule has 20 heavy (non-hydrogen) atoms. The SMILES string of the molecule is COC1C[N+](C)(Cc2ccccc2)CCC1(OC)OC. The Morgan fingerprint density at radius 1 is 1.15 bits per heavy atom. The summed E-state index contributed by atoms with van der Waals surface area (Å²) in [6.45, 7) is 2.90. The molecule has 0 radical (unpaired) electrons. The van der Waals surface area contributed by atoms with Gasteiger partial charge in [-0.3, -0.25) is 0 Å². The van der Waals surface area contributed by atoms with Crippen LogP contribution in [0.15, 0.2) is 30.3 Å². The average molecular weight is 280 g/mol. The van der Waals surface area contributed by atoms with E-state index in [0.717, 1.165) is 30.5 Å². The van der Waals surface area contributed by atoms with Gasteiger partial charge in [0.15, 0.2) is 6.10 Å². The second-order valence-corrected chi connectivity index (χ2v) is 5.86. The third-order valence-electron chi connectivity index (χ3n) is 4.48. The van der Waals surface area contributed by atoms with Crippen LogP contribution in [0.2, 0.25) is 0 Å². The number of hydrogen-bond acceptors (Lipinski definition) is 3. The summed E-state index contributed by atoms with van der Waals surface area (Å²) in [5.41, 5.74) is 1.35. The van der Waals surface area contributed by atoms with E-state index in [-0.39, 0.29) is 6.10 Å². The minimum absolute atomic E-state index is 0.0556. The molecule has 4 heteroatoms. The molecule has 0 saturated carbocycles. The summed E-state index contributed by atoms with van der Waals surface area (Å²) in [6.07, 6.45) is 0.780. The van der Waals surface area contributed by atoms with Gasteiger partial charge in [0.2, 0.25) is 5.79 Å². The van der Waals surface area contributed by atoms with Crippen molar-refractivity contribution in [2.45, 2.75) is 24.9 Å². The van der Waals surface area contributed by atoms with Crippen LogP contribution in [0.25, 0.3) is 0 Å². The summed E-state index contributed by atoms with van der Waals surface area (Å²) in [5.74, 6) is -0.608. The van der Waals surface area contributed by atoms with E-state index >= 15 is 0 Å². The molecule has 1 aromatic rings. The summed E-state index contributed by atoms with van der Waals surface area (Å²) in [5, 5.41) is 0. The van der Waals surface area contributed by atoms with Crippen LogP contribution in [0.1, 0.15) is 12.0 Å². The van der Waals surface area contributed by atoms with Crippen molar-refractivity contribution in [3.05, 3.63) is 35.9 Å². The number of nitrogens with zero attached hydrogens (tertiary/aromatic N) is 1. The zero-order chi connectivity index (χ0) is 14.6. The Hall–Kier alpha value is -0.940. The molecule has 1 saturated heterocycles. The van der Waals surface area contributed by atoms with Crippen molar-refractivity contribution >= 4 is 0 Å². The van der Waals surface area contributed by atoms with E-state index in [1.165, 1.54) is 5.56 Å². The third-order valence-corrected chi connectivity index (χ3v) is 4.48. The van der Waals surface area contributed by atoms with E-state index in [2.05, 4.69) is 37.4 Å². The molecule has 0 spiro atoms. The Kier molecular flexibility index (Phi) is 4.81. The van der Waals surface area contributed by atoms with E-state index in [1.54, 1.807) is 21.3 Å². The summed E-state index contributed by atoms with van der Waals surface area (Å²) < 4.78 is 17.8. The number of methoxy groups -OCH3 is 3. The molecule has 0 amide bonds. The number of likely N-dealkylation sites (N-methyl/N-ethyl adjacent to an activating group) is 1. The quantitative estimate of drug-likeness (QED) is 0.610. The number of quaternary nitrogens is 1. The minimum Gasteiger partial charge on any atom is -0.370 e. The van der Waals surface area contributed by atoms with Crippen LogP contribution in [0.3, 0.4) is 0 Å². The van der Waals surface area contributed by atoms with Crippen LogP contribution >= 0.6 is 0 Å². The topological polar surface area (TPSA) is 27.7 Å². The fourth-order valence-corrected chi connectivity index (χ4v) is 3.19. The zero-order valence-electron chi connectivity index (χ0n) is 13.0. The molecule has 0 N–H and O–H groups in total. The predicted molar refractivity (Wildman–Crippen MR) is 78.2 cm³/mol. The van der Waals surface area contributed by atoms with Gasteiger partial charge in [0.25, 0.3) is 0 Å². The van der Waals surface area contributed by atoms with Crippen LogP contribution in [-0.2, 0) is 20.8 Å². The summed E-state index contributed by atoms with van der Waals surface area (Å²) in [4.78, 5) is 0. The van der Waals surface area contributed by atoms with Gasteiger partial charge < -0.3 is 18.7 Å². The van der Waals surface area contributed by atoms with Crippen molar-refractivity contribution in [1.29, 1.82) is 0 Å². The molecule has 1 aliphatic rings. The molecule has 1 aliphatic heterocycles. The minimum atomic E-state index is -0.608. The van der Waals surface area contributed by atoms with Crippen molar-refractivity contribution in [3.63, 3.8) is 0 Å². The molecule has 112 valence electrons. The second kappa shape index (κ2) is 6.22. The number of likely N-dealkylation sites (tertiary alicyclic amines) is 1. The maximum Gasteiger partial charge on any atom is 0.205 e. The van der Waals surface area contributed by atoms with Crippen molar-refractivity contribution in [1.82, 2.24) is 0 Å². The zero-order valence-corrected chi connectivity index (χ0v) is 13.0. The van der Waals surface area contributed by atoms with Gasteiger partial charge in [-0.1, -0.05) is 30.3 Å². The fraction of sp³-hybridized carbons (Fsp3) is 0.625. The van der Waals surface area contributed by atoms with Gasteiger partial charge in [-0.2, -0.15) is 0 Å². The van der Waals surface area contributed by atoms with Gasteiger partial charge >= 0.3 is 0 Å². The largest absolute Gasteiger partial charge is 0.370 e. The van der Waals surface area contributed by atoms with E-state index in [0.29, 0.717) is 0 Å². The third kappa shape index (κ3) is 3.04. The Morgan fingerprint density at radius 2 is 1.80 bits per heavy atom. The standard InChI is InChI=1S/C16H26NO3/c1-17(12-14-8-6-5-7-9-14)11-10-16(19-3,20-4)15(13-17)18-2/h5-9,15H,10-13H2,1-4H3/q+1. The number of hydrogen-bond donors (Lipinski definition) is 0. The molecule has 2 unspecified atom stereocenters. The van der Waals surface area contributed by atoms with E-state index in [4.69, 9.17) is 14.2 Å². The van der Waals surface area contributed by atoms with Crippen molar-refractivity contribution in [2.75, 3.05) is 41.5 Å². The first-order valence-electron chi connectivity index (χ1n) is 7.08. The van der Waals surface area contributed by atoms with Gasteiger partial charge in [-0.05, 0) is 0 Å². The van der Waals surface area contributed by atoms with E-state index < -0.39 is 5.79 Å². The maximum atomic E-state index is 5.66. The molecule has 2 atom stereocenters. The predicted octanol–water partition coefficient (Wildman–Crippen LogP) is 2.04. The molecule has 0 bridgehead atoms. The highest BCUT2D eigenvalue weighted by atomic mass is 16.7. The fourth-order valence-electron chi connectivity index (χ4n) is 3.19. The average Bonchev–Trinajstić information content (AvgIpc) is 2.48. The van der Waals surface area contributed by atoms with E-state index in [1.807, 2.05) is 0 Å². The van der Waals surface area contributed by atoms with Crippen molar-refractivity contribution < 1.29 is 18.7 Å². The Bertz CT molecular complexity index is 419. The maximum absolute atomic E-state index is 5.66. The van der Waals surface area contributed by atoms with Crippen molar-refractivity contribution in [3.8, 4) is 0 Å². The van der Waals surface area contributed by atoms with Gasteiger partial charge in [-0.25, -0.2) is 0 Å². The van der Waals surface area contributed by atoms with E-state index in [9.17, 15) is 0 Å². The highest BCUT2D eigenvalue weighted by Crippen LogP contribution is 2.32. The molecule has 1 aromatic carbocycles.